The number of hydrogen-bond acceptors (Lipinski definition) is 5. The van der Waals surface area contributed by atoms with Crippen LogP contribution in [-0.4, -0.2) is 9.97 Å². The van der Waals surface area contributed by atoms with Gasteiger partial charge < -0.3 is 9.73 Å². The summed E-state index contributed by atoms with van der Waals surface area (Å²) in [6.45, 7) is 2.51. The van der Waals surface area contributed by atoms with Crippen molar-refractivity contribution in [1.82, 2.24) is 9.97 Å². The van der Waals surface area contributed by atoms with Gasteiger partial charge in [-0.1, -0.05) is 23.7 Å². The molecule has 0 amide bonds. The van der Waals surface area contributed by atoms with Gasteiger partial charge in [-0.15, -0.1) is 11.3 Å². The van der Waals surface area contributed by atoms with Gasteiger partial charge in [0.1, 0.15) is 28.5 Å². The molecule has 1 N–H and O–H groups in total. The molecule has 0 saturated carbocycles. The van der Waals surface area contributed by atoms with E-state index in [2.05, 4.69) is 20.7 Å². The van der Waals surface area contributed by atoms with Gasteiger partial charge >= 0.3 is 0 Å². The number of fused-ring (bicyclic) bond motifs is 1. The van der Waals surface area contributed by atoms with Crippen molar-refractivity contribution >= 4 is 39.0 Å². The Hall–Kier alpha value is -2.37. The fourth-order valence-corrected chi connectivity index (χ4v) is 3.64. The molecule has 0 bridgehead atoms. The molecule has 24 heavy (non-hydrogen) atoms. The third-order valence-corrected chi connectivity index (χ3v) is 4.89. The van der Waals surface area contributed by atoms with Crippen molar-refractivity contribution < 1.29 is 4.42 Å². The van der Waals surface area contributed by atoms with E-state index < -0.39 is 0 Å². The summed E-state index contributed by atoms with van der Waals surface area (Å²) in [6, 6.07) is 11.7. The number of furan rings is 1. The van der Waals surface area contributed by atoms with Gasteiger partial charge in [0.25, 0.3) is 0 Å². The maximum absolute atomic E-state index is 6.00. The van der Waals surface area contributed by atoms with E-state index in [0.29, 0.717) is 6.54 Å². The van der Waals surface area contributed by atoms with E-state index >= 15 is 0 Å². The fourth-order valence-electron chi connectivity index (χ4n) is 2.60. The van der Waals surface area contributed by atoms with Gasteiger partial charge in [0.2, 0.25) is 0 Å². The molecule has 0 fully saturated rings. The molecule has 0 aliphatic carbocycles. The molecular formula is C18H14ClN3OS. The largest absolute Gasteiger partial charge is 0.465 e. The molecule has 3 heterocycles. The minimum Gasteiger partial charge on any atom is -0.465 e. The molecule has 120 valence electrons. The van der Waals surface area contributed by atoms with Gasteiger partial charge in [-0.05, 0) is 36.8 Å². The van der Waals surface area contributed by atoms with Crippen molar-refractivity contribution in [3.05, 3.63) is 64.6 Å². The quantitative estimate of drug-likeness (QED) is 0.523. The van der Waals surface area contributed by atoms with Gasteiger partial charge in [-0.2, -0.15) is 0 Å². The van der Waals surface area contributed by atoms with Crippen LogP contribution in [0.25, 0.3) is 21.3 Å². The summed E-state index contributed by atoms with van der Waals surface area (Å²) in [6.07, 6.45) is 1.58. The lowest BCUT2D eigenvalue weighted by Gasteiger charge is -2.07. The third kappa shape index (κ3) is 2.88. The Kier molecular flexibility index (Phi) is 3.96. The number of halogens is 1. The van der Waals surface area contributed by atoms with Gasteiger partial charge in [-0.25, -0.2) is 9.97 Å². The first kappa shape index (κ1) is 15.2. The lowest BCUT2D eigenvalue weighted by molar-refractivity contribution is 0.490. The van der Waals surface area contributed by atoms with Crippen LogP contribution in [0.4, 0.5) is 5.82 Å². The van der Waals surface area contributed by atoms with Crippen molar-refractivity contribution in [1.29, 1.82) is 0 Å². The lowest BCUT2D eigenvalue weighted by Crippen LogP contribution is -2.01. The molecule has 4 aromatic rings. The van der Waals surface area contributed by atoms with Crippen molar-refractivity contribution in [3.8, 4) is 11.1 Å². The topological polar surface area (TPSA) is 51.0 Å². The fraction of sp³-hybridized carbons (Fsp3) is 0.111. The molecule has 0 unspecified atom stereocenters. The van der Waals surface area contributed by atoms with Gasteiger partial charge in [-0.3, -0.25) is 0 Å². The molecule has 1 aromatic carbocycles. The molecule has 0 atom stereocenters. The summed E-state index contributed by atoms with van der Waals surface area (Å²) in [4.78, 5) is 9.76. The Morgan fingerprint density at radius 2 is 1.96 bits per heavy atom. The average molecular weight is 356 g/mol. The number of anilines is 1. The monoisotopic (exact) mass is 355 g/mol. The summed E-state index contributed by atoms with van der Waals surface area (Å²) >= 11 is 7.60. The Labute approximate surface area is 148 Å². The van der Waals surface area contributed by atoms with Crippen molar-refractivity contribution in [2.45, 2.75) is 13.5 Å². The molecule has 3 aromatic heterocycles. The van der Waals surface area contributed by atoms with Crippen LogP contribution in [0.1, 0.15) is 11.5 Å². The van der Waals surface area contributed by atoms with E-state index in [1.165, 1.54) is 0 Å². The second-order valence-electron chi connectivity index (χ2n) is 5.42. The smallest absolute Gasteiger partial charge is 0.139 e. The van der Waals surface area contributed by atoms with Crippen LogP contribution in [0.15, 0.2) is 52.5 Å². The van der Waals surface area contributed by atoms with E-state index in [1.54, 1.807) is 17.7 Å². The van der Waals surface area contributed by atoms with E-state index in [1.807, 2.05) is 43.3 Å². The van der Waals surface area contributed by atoms with Crippen LogP contribution in [0.5, 0.6) is 0 Å². The number of hydrogen-bond donors (Lipinski definition) is 1. The lowest BCUT2D eigenvalue weighted by atomic mass is 10.1. The molecule has 0 radical (unpaired) electrons. The highest BCUT2D eigenvalue weighted by Crippen LogP contribution is 2.36. The van der Waals surface area contributed by atoms with Gasteiger partial charge in [0.15, 0.2) is 0 Å². The van der Waals surface area contributed by atoms with Crippen LogP contribution in [0, 0.1) is 6.92 Å². The average Bonchev–Trinajstić information content (AvgIpc) is 3.20. The molecule has 0 saturated heterocycles. The van der Waals surface area contributed by atoms with E-state index in [-0.39, 0.29) is 0 Å². The number of benzene rings is 1. The predicted octanol–water partition coefficient (Wildman–Crippen LogP) is 5.53. The number of thiophene rings is 1. The Morgan fingerprint density at radius 3 is 2.71 bits per heavy atom. The molecule has 0 aliphatic rings. The third-order valence-electron chi connectivity index (χ3n) is 3.75. The number of nitrogens with one attached hydrogen (secondary N) is 1. The van der Waals surface area contributed by atoms with Crippen molar-refractivity contribution in [2.75, 3.05) is 5.32 Å². The van der Waals surface area contributed by atoms with Crippen molar-refractivity contribution in [2.24, 2.45) is 0 Å². The molecule has 0 aliphatic heterocycles. The zero-order valence-corrected chi connectivity index (χ0v) is 14.5. The first-order valence-corrected chi connectivity index (χ1v) is 8.74. The molecular weight excluding hydrogens is 342 g/mol. The zero-order valence-electron chi connectivity index (χ0n) is 12.9. The van der Waals surface area contributed by atoms with Crippen molar-refractivity contribution in [3.63, 3.8) is 0 Å². The van der Waals surface area contributed by atoms with E-state index in [0.717, 1.165) is 43.7 Å². The zero-order chi connectivity index (χ0) is 16.5. The normalized spacial score (nSPS) is 11.1. The minimum atomic E-state index is 0.579. The molecule has 0 spiro atoms. The van der Waals surface area contributed by atoms with Crippen LogP contribution >= 0.6 is 22.9 Å². The molecule has 4 nitrogen and oxygen atoms in total. The minimum absolute atomic E-state index is 0.579. The highest BCUT2D eigenvalue weighted by molar-refractivity contribution is 7.17. The number of nitrogens with zero attached hydrogens (tertiary/aromatic N) is 2. The predicted molar refractivity (Wildman–Crippen MR) is 98.6 cm³/mol. The van der Waals surface area contributed by atoms with Crippen LogP contribution < -0.4 is 5.32 Å². The highest BCUT2D eigenvalue weighted by Gasteiger charge is 2.13. The summed E-state index contributed by atoms with van der Waals surface area (Å²) in [5.41, 5.74) is 2.20. The second-order valence-corrected chi connectivity index (χ2v) is 6.72. The summed E-state index contributed by atoms with van der Waals surface area (Å²) in [5.74, 6) is 2.58. The molecule has 4 rings (SSSR count). The summed E-state index contributed by atoms with van der Waals surface area (Å²) < 4.78 is 5.61. The standard InChI is InChI=1S/C18H14ClN3OS/c1-11-2-7-14(23-11)8-20-17-16-15(9-24-18(16)22-10-21-17)12-3-5-13(19)6-4-12/h2-7,9-10H,8H2,1H3,(H,20,21,22). The second kappa shape index (κ2) is 6.26. The number of aromatic nitrogens is 2. The van der Waals surface area contributed by atoms with Crippen LogP contribution in [0.3, 0.4) is 0 Å². The Balaban J connectivity index is 1.72. The first-order valence-electron chi connectivity index (χ1n) is 7.48. The Bertz CT molecular complexity index is 991. The van der Waals surface area contributed by atoms with Crippen LogP contribution in [0.2, 0.25) is 5.02 Å². The maximum Gasteiger partial charge on any atom is 0.139 e. The van der Waals surface area contributed by atoms with E-state index in [4.69, 9.17) is 16.0 Å². The highest BCUT2D eigenvalue weighted by atomic mass is 35.5. The summed E-state index contributed by atoms with van der Waals surface area (Å²) in [5, 5.41) is 7.21. The van der Waals surface area contributed by atoms with Gasteiger partial charge in [0.05, 0.1) is 11.9 Å². The Morgan fingerprint density at radius 1 is 1.12 bits per heavy atom. The number of aryl methyl sites for hydroxylation is 1. The summed E-state index contributed by atoms with van der Waals surface area (Å²) in [7, 11) is 0. The number of rotatable bonds is 4. The van der Waals surface area contributed by atoms with Gasteiger partial charge in [0, 0.05) is 16.0 Å². The first-order chi connectivity index (χ1) is 11.7. The van der Waals surface area contributed by atoms with E-state index in [9.17, 15) is 0 Å². The maximum atomic E-state index is 6.00. The SMILES string of the molecule is Cc1ccc(CNc2ncnc3scc(-c4ccc(Cl)cc4)c23)o1. The van der Waals surface area contributed by atoms with Crippen LogP contribution in [-0.2, 0) is 6.54 Å². The molecule has 6 heteroatoms.